The van der Waals surface area contributed by atoms with E-state index >= 15 is 0 Å². The lowest BCUT2D eigenvalue weighted by Crippen LogP contribution is -2.21. The van der Waals surface area contributed by atoms with Gasteiger partial charge >= 0.3 is 13.3 Å². The third-order valence-corrected chi connectivity index (χ3v) is 1.45. The summed E-state index contributed by atoms with van der Waals surface area (Å²) in [5.74, 6) is 0. The minimum absolute atomic E-state index is 0.638. The van der Waals surface area contributed by atoms with Gasteiger partial charge < -0.3 is 24.7 Å². The first-order valence-corrected chi connectivity index (χ1v) is 4.51. The van der Waals surface area contributed by atoms with E-state index in [4.69, 9.17) is 20.0 Å². The van der Waals surface area contributed by atoms with E-state index in [0.29, 0.717) is 0 Å². The molecule has 1 atom stereocenters. The van der Waals surface area contributed by atoms with Gasteiger partial charge in [0, 0.05) is 0 Å². The lowest BCUT2D eigenvalue weighted by molar-refractivity contribution is 0.0376. The quantitative estimate of drug-likeness (QED) is 0.413. The Morgan fingerprint density at radius 3 is 2.33 bits per heavy atom. The van der Waals surface area contributed by atoms with Gasteiger partial charge in [-0.1, -0.05) is 0 Å². The molecule has 0 aromatic rings. The topological polar surface area (TPSA) is 124 Å². The van der Waals surface area contributed by atoms with Crippen molar-refractivity contribution < 1.29 is 34.1 Å². The van der Waals surface area contributed by atoms with Crippen LogP contribution in [0.5, 0.6) is 0 Å². The maximum Gasteiger partial charge on any atom is 0.433 e. The van der Waals surface area contributed by atoms with Crippen LogP contribution in [0.1, 0.15) is 0 Å². The van der Waals surface area contributed by atoms with Crippen molar-refractivity contribution in [2.24, 2.45) is 0 Å². The molecule has 0 saturated heterocycles. The number of aliphatic hydroxyl groups is 2. The maximum atomic E-state index is 10.3. The molecule has 7 nitrogen and oxygen atoms in total. The van der Waals surface area contributed by atoms with Gasteiger partial charge in [0.1, 0.15) is 12.7 Å². The summed E-state index contributed by atoms with van der Waals surface area (Å²) in [4.78, 5) is 26.6. The molecule has 0 heterocycles. The van der Waals surface area contributed by atoms with Gasteiger partial charge in [-0.25, -0.2) is 9.36 Å². The summed E-state index contributed by atoms with van der Waals surface area (Å²) in [6, 6.07) is 0. The second-order valence-electron chi connectivity index (χ2n) is 1.96. The van der Waals surface area contributed by atoms with E-state index < -0.39 is 32.6 Å². The summed E-state index contributed by atoms with van der Waals surface area (Å²) in [5.41, 5.74) is -1.71. The van der Waals surface area contributed by atoms with Crippen molar-refractivity contribution in [3.8, 4) is 0 Å². The Balaban J connectivity index is 3.81. The third-order valence-electron chi connectivity index (χ3n) is 0.848. The van der Waals surface area contributed by atoms with Gasteiger partial charge in [0.15, 0.2) is 0 Å². The number of hydrogen-bond donors (Lipinski definition) is 4. The number of aliphatic hydroxyl groups excluding tert-OH is 2. The van der Waals surface area contributed by atoms with E-state index in [-0.39, 0.29) is 0 Å². The lowest BCUT2D eigenvalue weighted by Gasteiger charge is -2.08. The Morgan fingerprint density at radius 1 is 1.50 bits per heavy atom. The summed E-state index contributed by atoms with van der Waals surface area (Å²) < 4.78 is 14.1. The van der Waals surface area contributed by atoms with Crippen LogP contribution in [0.25, 0.3) is 0 Å². The van der Waals surface area contributed by atoms with Crippen molar-refractivity contribution in [2.75, 3.05) is 13.2 Å². The van der Waals surface area contributed by atoms with Gasteiger partial charge in [-0.3, -0.25) is 0 Å². The van der Waals surface area contributed by atoms with Gasteiger partial charge in [-0.15, -0.1) is 0 Å². The lowest BCUT2D eigenvalue weighted by atomic mass is 10.4. The standard InChI is InChI=1S/C4H9O7P/c5-1-3(6)2-11-4(7)12(8,9)10/h3,5-6H,1-2H2,(H2,8,9,10). The minimum atomic E-state index is -4.88. The van der Waals surface area contributed by atoms with Crippen LogP contribution in [0.15, 0.2) is 0 Å². The zero-order chi connectivity index (χ0) is 9.78. The van der Waals surface area contributed by atoms with E-state index in [2.05, 4.69) is 4.74 Å². The number of hydrogen-bond acceptors (Lipinski definition) is 5. The predicted molar refractivity (Wildman–Crippen MR) is 36.5 cm³/mol. The molecule has 12 heavy (non-hydrogen) atoms. The Labute approximate surface area is 67.7 Å². The van der Waals surface area contributed by atoms with E-state index in [1.54, 1.807) is 0 Å². The average Bonchev–Trinajstić information content (AvgIpc) is 1.97. The fourth-order valence-corrected chi connectivity index (χ4v) is 0.547. The van der Waals surface area contributed by atoms with Gasteiger partial charge in [0.05, 0.1) is 6.61 Å². The number of rotatable bonds is 4. The molecule has 0 aromatic carbocycles. The molecule has 0 aliphatic heterocycles. The monoisotopic (exact) mass is 200 g/mol. The van der Waals surface area contributed by atoms with Crippen molar-refractivity contribution in [2.45, 2.75) is 6.10 Å². The van der Waals surface area contributed by atoms with Gasteiger partial charge in [0.2, 0.25) is 0 Å². The molecule has 0 fully saturated rings. The first-order valence-electron chi connectivity index (χ1n) is 2.89. The number of carbonyl (C=O) groups excluding carboxylic acids is 1. The van der Waals surface area contributed by atoms with Crippen LogP contribution in [0, 0.1) is 0 Å². The van der Waals surface area contributed by atoms with Crippen LogP contribution in [0.3, 0.4) is 0 Å². The van der Waals surface area contributed by atoms with Crippen molar-refractivity contribution in [3.63, 3.8) is 0 Å². The van der Waals surface area contributed by atoms with Gasteiger partial charge in [-0.05, 0) is 0 Å². The summed E-state index contributed by atoms with van der Waals surface area (Å²) in [7, 11) is -4.88. The summed E-state index contributed by atoms with van der Waals surface area (Å²) in [6.45, 7) is -1.28. The first-order chi connectivity index (χ1) is 5.38. The highest BCUT2D eigenvalue weighted by atomic mass is 31.2. The van der Waals surface area contributed by atoms with E-state index in [0.717, 1.165) is 0 Å². The highest BCUT2D eigenvalue weighted by molar-refractivity contribution is 7.69. The SMILES string of the molecule is O=C(OCC(O)CO)P(=O)(O)O. The van der Waals surface area contributed by atoms with Crippen LogP contribution < -0.4 is 0 Å². The molecule has 0 radical (unpaired) electrons. The molecule has 0 bridgehead atoms. The zero-order valence-corrected chi connectivity index (χ0v) is 6.85. The largest absolute Gasteiger partial charge is 0.454 e. The summed E-state index contributed by atoms with van der Waals surface area (Å²) in [5, 5.41) is 16.8. The Hall–Kier alpha value is -0.460. The fourth-order valence-electron chi connectivity index (χ4n) is 0.304. The predicted octanol–water partition coefficient (Wildman–Crippen LogP) is -1.35. The second-order valence-corrected chi connectivity index (χ2v) is 3.41. The van der Waals surface area contributed by atoms with Crippen LogP contribution >= 0.6 is 7.60 Å². The highest BCUT2D eigenvalue weighted by Crippen LogP contribution is 2.36. The Bertz CT molecular complexity index is 196. The van der Waals surface area contributed by atoms with Crippen LogP contribution in [0.2, 0.25) is 0 Å². The van der Waals surface area contributed by atoms with E-state index in [1.165, 1.54) is 0 Å². The molecule has 0 aliphatic carbocycles. The molecule has 72 valence electrons. The Kier molecular flexibility index (Phi) is 4.36. The molecule has 8 heteroatoms. The smallest absolute Gasteiger partial charge is 0.433 e. The van der Waals surface area contributed by atoms with Gasteiger partial charge in [-0.2, -0.15) is 0 Å². The Morgan fingerprint density at radius 2 is 2.00 bits per heavy atom. The minimum Gasteiger partial charge on any atom is -0.454 e. The van der Waals surface area contributed by atoms with Crippen LogP contribution in [-0.2, 0) is 9.30 Å². The molecule has 0 aliphatic rings. The molecular weight excluding hydrogens is 191 g/mol. The summed E-state index contributed by atoms with van der Waals surface area (Å²) >= 11 is 0. The number of ether oxygens (including phenoxy) is 1. The first kappa shape index (κ1) is 11.5. The normalized spacial score (nSPS) is 14.0. The van der Waals surface area contributed by atoms with E-state index in [1.807, 2.05) is 0 Å². The molecular formula is C4H9O7P. The van der Waals surface area contributed by atoms with Gasteiger partial charge in [0.25, 0.3) is 0 Å². The van der Waals surface area contributed by atoms with Crippen LogP contribution in [0.4, 0.5) is 4.79 Å². The van der Waals surface area contributed by atoms with E-state index in [9.17, 15) is 9.36 Å². The van der Waals surface area contributed by atoms with Crippen molar-refractivity contribution in [1.82, 2.24) is 0 Å². The summed E-state index contributed by atoms with van der Waals surface area (Å²) in [6.07, 6.45) is -1.32. The molecule has 0 spiro atoms. The van der Waals surface area contributed by atoms with Crippen molar-refractivity contribution in [3.05, 3.63) is 0 Å². The molecule has 0 aromatic heterocycles. The molecule has 0 saturated carbocycles. The zero-order valence-electron chi connectivity index (χ0n) is 5.95. The number of carbonyl (C=O) groups is 1. The molecule has 1 unspecified atom stereocenters. The maximum absolute atomic E-state index is 10.3. The van der Waals surface area contributed by atoms with Crippen molar-refractivity contribution >= 4 is 13.3 Å². The average molecular weight is 200 g/mol. The van der Waals surface area contributed by atoms with Crippen molar-refractivity contribution in [1.29, 1.82) is 0 Å². The fraction of sp³-hybridized carbons (Fsp3) is 0.750. The highest BCUT2D eigenvalue weighted by Gasteiger charge is 2.28. The molecule has 0 amide bonds. The molecule has 4 N–H and O–H groups in total. The molecule has 0 rings (SSSR count). The second kappa shape index (κ2) is 4.54. The van der Waals surface area contributed by atoms with Crippen LogP contribution in [-0.4, -0.2) is 45.0 Å². The third kappa shape index (κ3) is 4.42.